The normalized spacial score (nSPS) is 22.2. The van der Waals surface area contributed by atoms with Gasteiger partial charge in [0.15, 0.2) is 6.29 Å². The standard InChI is InChI=1S/C12H18N2OS/c1-10-3-2-5-14(7-10)6-4-12-13-11(8-15)9-16-12/h8-10H,2-7H2,1H3. The van der Waals surface area contributed by atoms with Gasteiger partial charge in [-0.2, -0.15) is 0 Å². The molecule has 0 spiro atoms. The van der Waals surface area contributed by atoms with Gasteiger partial charge >= 0.3 is 0 Å². The highest BCUT2D eigenvalue weighted by Gasteiger charge is 2.16. The molecule has 1 aromatic rings. The number of hydrogen-bond donors (Lipinski definition) is 0. The van der Waals surface area contributed by atoms with Crippen molar-refractivity contribution in [2.24, 2.45) is 5.92 Å². The number of nitrogens with zero attached hydrogens (tertiary/aromatic N) is 2. The van der Waals surface area contributed by atoms with Gasteiger partial charge in [-0.3, -0.25) is 4.79 Å². The van der Waals surface area contributed by atoms with Gasteiger partial charge in [0.2, 0.25) is 0 Å². The minimum absolute atomic E-state index is 0.576. The Morgan fingerprint density at radius 1 is 1.69 bits per heavy atom. The summed E-state index contributed by atoms with van der Waals surface area (Å²) in [6.45, 7) is 5.83. The summed E-state index contributed by atoms with van der Waals surface area (Å²) in [4.78, 5) is 17.3. The lowest BCUT2D eigenvalue weighted by atomic mass is 10.0. The zero-order valence-electron chi connectivity index (χ0n) is 9.69. The third-order valence-corrected chi connectivity index (χ3v) is 4.00. The van der Waals surface area contributed by atoms with Crippen LogP contribution in [0.1, 0.15) is 35.3 Å². The third kappa shape index (κ3) is 3.12. The second kappa shape index (κ2) is 5.55. The summed E-state index contributed by atoms with van der Waals surface area (Å²) >= 11 is 1.59. The van der Waals surface area contributed by atoms with E-state index >= 15 is 0 Å². The van der Waals surface area contributed by atoms with Crippen molar-refractivity contribution in [2.75, 3.05) is 19.6 Å². The van der Waals surface area contributed by atoms with Crippen molar-refractivity contribution < 1.29 is 4.79 Å². The van der Waals surface area contributed by atoms with Crippen LogP contribution in [0.2, 0.25) is 0 Å². The molecule has 1 unspecified atom stereocenters. The Kier molecular flexibility index (Phi) is 4.07. The van der Waals surface area contributed by atoms with Crippen LogP contribution in [-0.2, 0) is 6.42 Å². The monoisotopic (exact) mass is 238 g/mol. The number of aromatic nitrogens is 1. The van der Waals surface area contributed by atoms with Crippen LogP contribution in [0.15, 0.2) is 5.38 Å². The molecule has 1 aromatic heterocycles. The van der Waals surface area contributed by atoms with Crippen molar-refractivity contribution in [1.29, 1.82) is 0 Å². The first kappa shape index (κ1) is 11.7. The summed E-state index contributed by atoms with van der Waals surface area (Å²) in [5.41, 5.74) is 0.576. The van der Waals surface area contributed by atoms with Gasteiger partial charge < -0.3 is 4.90 Å². The van der Waals surface area contributed by atoms with Crippen LogP contribution in [0.3, 0.4) is 0 Å². The highest BCUT2D eigenvalue weighted by atomic mass is 32.1. The van der Waals surface area contributed by atoms with Crippen molar-refractivity contribution in [3.8, 4) is 0 Å². The molecule has 4 heteroatoms. The van der Waals surface area contributed by atoms with Gasteiger partial charge in [0.1, 0.15) is 5.69 Å². The van der Waals surface area contributed by atoms with Gasteiger partial charge in [-0.15, -0.1) is 11.3 Å². The Balaban J connectivity index is 1.80. The first-order valence-corrected chi connectivity index (χ1v) is 6.78. The quantitative estimate of drug-likeness (QED) is 0.754. The third-order valence-electron chi connectivity index (χ3n) is 3.07. The average Bonchev–Trinajstić information content (AvgIpc) is 2.74. The molecule has 88 valence electrons. The molecular weight excluding hydrogens is 220 g/mol. The SMILES string of the molecule is CC1CCCN(CCc2nc(C=O)cs2)C1. The summed E-state index contributed by atoms with van der Waals surface area (Å²) in [6.07, 6.45) is 4.48. The highest BCUT2D eigenvalue weighted by Crippen LogP contribution is 2.16. The molecule has 0 bridgehead atoms. The van der Waals surface area contributed by atoms with E-state index in [1.165, 1.54) is 25.9 Å². The smallest absolute Gasteiger partial charge is 0.169 e. The molecule has 0 radical (unpaired) electrons. The zero-order chi connectivity index (χ0) is 11.4. The number of hydrogen-bond acceptors (Lipinski definition) is 4. The van der Waals surface area contributed by atoms with Crippen LogP contribution in [0, 0.1) is 5.92 Å². The molecule has 1 atom stereocenters. The Morgan fingerprint density at radius 2 is 2.56 bits per heavy atom. The minimum Gasteiger partial charge on any atom is -0.303 e. The predicted molar refractivity (Wildman–Crippen MR) is 66.0 cm³/mol. The Labute approximate surface area is 100 Å². The Bertz CT molecular complexity index is 351. The van der Waals surface area contributed by atoms with Crippen LogP contribution in [0.25, 0.3) is 0 Å². The molecule has 0 saturated carbocycles. The van der Waals surface area contributed by atoms with E-state index in [9.17, 15) is 4.79 Å². The molecule has 0 aliphatic carbocycles. The van der Waals surface area contributed by atoms with Crippen molar-refractivity contribution in [3.05, 3.63) is 16.1 Å². The van der Waals surface area contributed by atoms with Gasteiger partial charge in [-0.05, 0) is 25.3 Å². The number of thiazole rings is 1. The van der Waals surface area contributed by atoms with Crippen molar-refractivity contribution in [1.82, 2.24) is 9.88 Å². The van der Waals surface area contributed by atoms with Gasteiger partial charge in [-0.1, -0.05) is 6.92 Å². The average molecular weight is 238 g/mol. The summed E-state index contributed by atoms with van der Waals surface area (Å²) in [5, 5.41) is 2.92. The van der Waals surface area contributed by atoms with Crippen LogP contribution in [-0.4, -0.2) is 35.8 Å². The second-order valence-electron chi connectivity index (χ2n) is 4.58. The molecule has 16 heavy (non-hydrogen) atoms. The molecule has 0 aromatic carbocycles. The molecule has 2 rings (SSSR count). The number of rotatable bonds is 4. The van der Waals surface area contributed by atoms with Gasteiger partial charge in [0, 0.05) is 24.9 Å². The van der Waals surface area contributed by atoms with E-state index in [4.69, 9.17) is 0 Å². The molecule has 0 amide bonds. The fourth-order valence-electron chi connectivity index (χ4n) is 2.24. The maximum Gasteiger partial charge on any atom is 0.169 e. The second-order valence-corrected chi connectivity index (χ2v) is 5.52. The van der Waals surface area contributed by atoms with E-state index < -0.39 is 0 Å². The van der Waals surface area contributed by atoms with E-state index in [1.54, 1.807) is 11.3 Å². The maximum absolute atomic E-state index is 10.5. The van der Waals surface area contributed by atoms with Gasteiger partial charge in [-0.25, -0.2) is 4.98 Å². The van der Waals surface area contributed by atoms with Crippen molar-refractivity contribution in [3.63, 3.8) is 0 Å². The summed E-state index contributed by atoms with van der Waals surface area (Å²) in [7, 11) is 0. The summed E-state index contributed by atoms with van der Waals surface area (Å²) < 4.78 is 0. The largest absolute Gasteiger partial charge is 0.303 e. The Hall–Kier alpha value is -0.740. The van der Waals surface area contributed by atoms with E-state index in [0.717, 1.165) is 30.2 Å². The van der Waals surface area contributed by atoms with Crippen LogP contribution in [0.4, 0.5) is 0 Å². The lowest BCUT2D eigenvalue weighted by Gasteiger charge is -2.30. The molecule has 3 nitrogen and oxygen atoms in total. The molecule has 1 aliphatic heterocycles. The van der Waals surface area contributed by atoms with Crippen molar-refractivity contribution >= 4 is 17.6 Å². The Morgan fingerprint density at radius 3 is 3.25 bits per heavy atom. The van der Waals surface area contributed by atoms with Crippen molar-refractivity contribution in [2.45, 2.75) is 26.2 Å². The predicted octanol–water partition coefficient (Wildman–Crippen LogP) is 2.23. The lowest BCUT2D eigenvalue weighted by molar-refractivity contribution is 0.111. The number of piperidine rings is 1. The first-order valence-electron chi connectivity index (χ1n) is 5.90. The highest BCUT2D eigenvalue weighted by molar-refractivity contribution is 7.09. The van der Waals surface area contributed by atoms with E-state index in [-0.39, 0.29) is 0 Å². The van der Waals surface area contributed by atoms with Gasteiger partial charge in [0.25, 0.3) is 0 Å². The topological polar surface area (TPSA) is 33.2 Å². The number of likely N-dealkylation sites (tertiary alicyclic amines) is 1. The zero-order valence-corrected chi connectivity index (χ0v) is 10.5. The fourth-order valence-corrected chi connectivity index (χ4v) is 2.97. The van der Waals surface area contributed by atoms with Crippen LogP contribution < -0.4 is 0 Å². The molecule has 2 heterocycles. The fraction of sp³-hybridized carbons (Fsp3) is 0.667. The molecule has 1 saturated heterocycles. The molecule has 0 N–H and O–H groups in total. The molecule has 1 fully saturated rings. The summed E-state index contributed by atoms with van der Waals surface area (Å²) in [5.74, 6) is 0.829. The summed E-state index contributed by atoms with van der Waals surface area (Å²) in [6, 6.07) is 0. The van der Waals surface area contributed by atoms with Gasteiger partial charge in [0.05, 0.1) is 5.01 Å². The van der Waals surface area contributed by atoms with E-state index in [0.29, 0.717) is 5.69 Å². The maximum atomic E-state index is 10.5. The van der Waals surface area contributed by atoms with Crippen LogP contribution in [0.5, 0.6) is 0 Å². The number of carbonyl (C=O) groups is 1. The first-order chi connectivity index (χ1) is 7.78. The minimum atomic E-state index is 0.576. The number of carbonyl (C=O) groups excluding carboxylic acids is 1. The van der Waals surface area contributed by atoms with E-state index in [2.05, 4.69) is 16.8 Å². The molecule has 1 aliphatic rings. The van der Waals surface area contributed by atoms with Crippen LogP contribution >= 0.6 is 11.3 Å². The number of aldehydes is 1. The lowest BCUT2D eigenvalue weighted by Crippen LogP contribution is -2.35. The molecular formula is C12H18N2OS. The van der Waals surface area contributed by atoms with E-state index in [1.807, 2.05) is 5.38 Å².